The van der Waals surface area contributed by atoms with Gasteiger partial charge in [-0.05, 0) is 72.7 Å². The van der Waals surface area contributed by atoms with Crippen LogP contribution in [-0.4, -0.2) is 6.61 Å². The summed E-state index contributed by atoms with van der Waals surface area (Å²) in [6.45, 7) is 14.0. The molecule has 0 atom stereocenters. The third kappa shape index (κ3) is 10.1. The van der Waals surface area contributed by atoms with Crippen molar-refractivity contribution in [2.24, 2.45) is 10.2 Å². The van der Waals surface area contributed by atoms with E-state index in [-0.39, 0.29) is 5.41 Å². The second-order valence-corrected chi connectivity index (χ2v) is 10.4. The first-order valence-electron chi connectivity index (χ1n) is 13.1. The molecule has 2 aromatic rings. The molecule has 0 saturated carbocycles. The largest absolute Gasteiger partial charge is 0.493 e. The standard InChI is InChI=1S/C30H46N2O/c1-7-8-9-10-11-12-13-14-15-16-21-33-29-20-19-26(22-25(29)3)31-32-27-18-17-24(2)28(23-27)30(4,5)6/h17-20,22-23H,7-16,21H2,1-6H3. The summed E-state index contributed by atoms with van der Waals surface area (Å²) >= 11 is 0. The summed E-state index contributed by atoms with van der Waals surface area (Å²) in [7, 11) is 0. The molecule has 0 unspecified atom stereocenters. The van der Waals surface area contributed by atoms with E-state index >= 15 is 0 Å². The zero-order valence-electron chi connectivity index (χ0n) is 22.0. The predicted octanol–water partition coefficient (Wildman–Crippen LogP) is 10.3. The van der Waals surface area contributed by atoms with Crippen LogP contribution in [0.1, 0.15) is 109 Å². The van der Waals surface area contributed by atoms with Crippen molar-refractivity contribution in [2.75, 3.05) is 6.61 Å². The molecule has 182 valence electrons. The third-order valence-electron chi connectivity index (χ3n) is 6.22. The van der Waals surface area contributed by atoms with Crippen LogP contribution in [0.25, 0.3) is 0 Å². The van der Waals surface area contributed by atoms with Crippen LogP contribution in [0, 0.1) is 13.8 Å². The van der Waals surface area contributed by atoms with Gasteiger partial charge in [0.05, 0.1) is 18.0 Å². The van der Waals surface area contributed by atoms with Gasteiger partial charge in [-0.1, -0.05) is 91.5 Å². The zero-order valence-corrected chi connectivity index (χ0v) is 22.0. The zero-order chi connectivity index (χ0) is 24.1. The topological polar surface area (TPSA) is 34.0 Å². The number of ether oxygens (including phenoxy) is 1. The van der Waals surface area contributed by atoms with Crippen LogP contribution in [0.4, 0.5) is 11.4 Å². The number of hydrogen-bond acceptors (Lipinski definition) is 3. The Labute approximate surface area is 203 Å². The molecule has 0 radical (unpaired) electrons. The van der Waals surface area contributed by atoms with Crippen LogP contribution >= 0.6 is 0 Å². The minimum Gasteiger partial charge on any atom is -0.493 e. The van der Waals surface area contributed by atoms with E-state index in [0.29, 0.717) is 0 Å². The Morgan fingerprint density at radius 3 is 1.79 bits per heavy atom. The molecule has 0 bridgehead atoms. The summed E-state index contributed by atoms with van der Waals surface area (Å²) in [4.78, 5) is 0. The monoisotopic (exact) mass is 450 g/mol. The van der Waals surface area contributed by atoms with Crippen molar-refractivity contribution in [3.63, 3.8) is 0 Å². The number of rotatable bonds is 14. The number of nitrogens with zero attached hydrogens (tertiary/aromatic N) is 2. The Balaban J connectivity index is 1.74. The fraction of sp³-hybridized carbons (Fsp3) is 0.600. The highest BCUT2D eigenvalue weighted by atomic mass is 16.5. The molecule has 0 heterocycles. The molecule has 0 spiro atoms. The van der Waals surface area contributed by atoms with Crippen LogP contribution in [0.2, 0.25) is 0 Å². The van der Waals surface area contributed by atoms with Gasteiger partial charge in [0.15, 0.2) is 0 Å². The SMILES string of the molecule is CCCCCCCCCCCCOc1ccc(N=Nc2ccc(C)c(C(C)(C)C)c2)cc1C. The molecule has 0 aromatic heterocycles. The molecule has 0 aliphatic carbocycles. The number of hydrogen-bond donors (Lipinski definition) is 0. The molecule has 0 fully saturated rings. The van der Waals surface area contributed by atoms with Gasteiger partial charge in [0.1, 0.15) is 5.75 Å². The third-order valence-corrected chi connectivity index (χ3v) is 6.22. The summed E-state index contributed by atoms with van der Waals surface area (Å²) in [5.41, 5.74) is 5.56. The highest BCUT2D eigenvalue weighted by molar-refractivity contribution is 5.49. The van der Waals surface area contributed by atoms with Gasteiger partial charge >= 0.3 is 0 Å². The van der Waals surface area contributed by atoms with E-state index in [0.717, 1.165) is 35.7 Å². The van der Waals surface area contributed by atoms with Gasteiger partial charge in [-0.25, -0.2) is 0 Å². The van der Waals surface area contributed by atoms with Crippen molar-refractivity contribution in [1.29, 1.82) is 0 Å². The van der Waals surface area contributed by atoms with Gasteiger partial charge < -0.3 is 4.74 Å². The quantitative estimate of drug-likeness (QED) is 0.208. The maximum Gasteiger partial charge on any atom is 0.122 e. The normalized spacial score (nSPS) is 11.9. The fourth-order valence-corrected chi connectivity index (χ4v) is 4.23. The molecule has 3 heteroatoms. The van der Waals surface area contributed by atoms with E-state index in [9.17, 15) is 0 Å². The van der Waals surface area contributed by atoms with Gasteiger partial charge in [-0.2, -0.15) is 10.2 Å². The molecule has 0 aliphatic heterocycles. The smallest absolute Gasteiger partial charge is 0.122 e. The van der Waals surface area contributed by atoms with Crippen LogP contribution in [-0.2, 0) is 5.41 Å². The molecule has 0 saturated heterocycles. The summed E-state index contributed by atoms with van der Waals surface area (Å²) in [5, 5.41) is 8.94. The molecule has 0 aliphatic rings. The Hall–Kier alpha value is -2.16. The lowest BCUT2D eigenvalue weighted by Gasteiger charge is -2.21. The van der Waals surface area contributed by atoms with Gasteiger partial charge in [0, 0.05) is 0 Å². The maximum absolute atomic E-state index is 6.02. The molecular weight excluding hydrogens is 404 g/mol. The first kappa shape index (κ1) is 27.1. The van der Waals surface area contributed by atoms with Gasteiger partial charge in [-0.15, -0.1) is 0 Å². The maximum atomic E-state index is 6.02. The van der Waals surface area contributed by atoms with E-state index < -0.39 is 0 Å². The second kappa shape index (κ2) is 14.2. The first-order valence-corrected chi connectivity index (χ1v) is 13.1. The highest BCUT2D eigenvalue weighted by Crippen LogP contribution is 2.30. The summed E-state index contributed by atoms with van der Waals surface area (Å²) in [5.74, 6) is 0.954. The van der Waals surface area contributed by atoms with E-state index in [1.165, 1.54) is 68.9 Å². The molecule has 2 rings (SSSR count). The van der Waals surface area contributed by atoms with Gasteiger partial charge in [-0.3, -0.25) is 0 Å². The Morgan fingerprint density at radius 1 is 0.667 bits per heavy atom. The van der Waals surface area contributed by atoms with Crippen LogP contribution in [0.3, 0.4) is 0 Å². The lowest BCUT2D eigenvalue weighted by Crippen LogP contribution is -2.12. The molecule has 2 aromatic carbocycles. The summed E-state index contributed by atoms with van der Waals surface area (Å²) < 4.78 is 6.02. The minimum absolute atomic E-state index is 0.0967. The fourth-order valence-electron chi connectivity index (χ4n) is 4.23. The minimum atomic E-state index is 0.0967. The Kier molecular flexibility index (Phi) is 11.6. The molecule has 0 amide bonds. The summed E-state index contributed by atoms with van der Waals surface area (Å²) in [6.07, 6.45) is 13.4. The Morgan fingerprint density at radius 2 is 1.21 bits per heavy atom. The summed E-state index contributed by atoms with van der Waals surface area (Å²) in [6, 6.07) is 12.4. The Bertz CT molecular complexity index is 864. The molecule has 3 nitrogen and oxygen atoms in total. The predicted molar refractivity (Wildman–Crippen MR) is 143 cm³/mol. The van der Waals surface area contributed by atoms with Crippen molar-refractivity contribution >= 4 is 11.4 Å². The molecular formula is C30H46N2O. The van der Waals surface area contributed by atoms with Gasteiger partial charge in [0.2, 0.25) is 0 Å². The van der Waals surface area contributed by atoms with Crippen molar-refractivity contribution < 1.29 is 4.74 Å². The lowest BCUT2D eigenvalue weighted by atomic mass is 9.84. The lowest BCUT2D eigenvalue weighted by molar-refractivity contribution is 0.302. The van der Waals surface area contributed by atoms with E-state index in [1.807, 2.05) is 18.2 Å². The average Bonchev–Trinajstić information content (AvgIpc) is 2.77. The number of unbranched alkanes of at least 4 members (excludes halogenated alkanes) is 9. The second-order valence-electron chi connectivity index (χ2n) is 10.4. The molecule has 33 heavy (non-hydrogen) atoms. The van der Waals surface area contributed by atoms with E-state index in [2.05, 4.69) is 70.0 Å². The van der Waals surface area contributed by atoms with Crippen LogP contribution < -0.4 is 4.74 Å². The van der Waals surface area contributed by atoms with Gasteiger partial charge in [0.25, 0.3) is 0 Å². The van der Waals surface area contributed by atoms with Crippen molar-refractivity contribution in [2.45, 2.75) is 111 Å². The molecule has 0 N–H and O–H groups in total. The van der Waals surface area contributed by atoms with Crippen LogP contribution in [0.5, 0.6) is 5.75 Å². The van der Waals surface area contributed by atoms with Crippen molar-refractivity contribution in [1.82, 2.24) is 0 Å². The highest BCUT2D eigenvalue weighted by Gasteiger charge is 2.16. The van der Waals surface area contributed by atoms with E-state index in [1.54, 1.807) is 0 Å². The van der Waals surface area contributed by atoms with Crippen LogP contribution in [0.15, 0.2) is 46.6 Å². The number of aryl methyl sites for hydroxylation is 2. The number of benzene rings is 2. The van der Waals surface area contributed by atoms with Crippen molar-refractivity contribution in [3.8, 4) is 5.75 Å². The van der Waals surface area contributed by atoms with E-state index in [4.69, 9.17) is 4.74 Å². The average molecular weight is 451 g/mol. The first-order chi connectivity index (χ1) is 15.8. The number of azo groups is 1. The van der Waals surface area contributed by atoms with Crippen molar-refractivity contribution in [3.05, 3.63) is 53.1 Å².